The fourth-order valence-electron chi connectivity index (χ4n) is 3.19. The van der Waals surface area contributed by atoms with Crippen molar-refractivity contribution in [2.75, 3.05) is 4.90 Å². The molecule has 166 valence electrons. The van der Waals surface area contributed by atoms with Gasteiger partial charge in [0, 0.05) is 0 Å². The maximum absolute atomic E-state index is 13.6. The molecule has 9 heteroatoms. The average Bonchev–Trinajstić information content (AvgIpc) is 2.76. The van der Waals surface area contributed by atoms with Gasteiger partial charge >= 0.3 is 6.03 Å². The van der Waals surface area contributed by atoms with Crippen molar-refractivity contribution in [3.8, 4) is 5.75 Å². The number of ether oxygens (including phenoxy) is 1. The van der Waals surface area contributed by atoms with Crippen LogP contribution in [0.25, 0.3) is 6.08 Å². The van der Waals surface area contributed by atoms with Gasteiger partial charge in [-0.1, -0.05) is 24.3 Å². The standard InChI is InChI=1S/C24H15F2IN2O4/c25-16-4-1-3-15(9-16)13-33-21-8-7-14(11-20(21)27)10-19-22(30)28-24(32)29(23(19)31)18-6-2-5-17(26)12-18/h1-12H,13H2,(H,28,30,32)/b19-10+. The van der Waals surface area contributed by atoms with Crippen LogP contribution in [0.1, 0.15) is 11.1 Å². The third-order valence-corrected chi connectivity index (χ3v) is 5.56. The quantitative estimate of drug-likeness (QED) is 0.276. The number of barbiturate groups is 1. The molecule has 0 aliphatic carbocycles. The van der Waals surface area contributed by atoms with Gasteiger partial charge in [-0.3, -0.25) is 14.9 Å². The minimum Gasteiger partial charge on any atom is -0.488 e. The number of anilines is 1. The molecule has 0 bridgehead atoms. The minimum absolute atomic E-state index is 0.00609. The maximum atomic E-state index is 13.6. The van der Waals surface area contributed by atoms with Crippen molar-refractivity contribution >= 4 is 52.2 Å². The Morgan fingerprint density at radius 2 is 1.67 bits per heavy atom. The average molecular weight is 560 g/mol. The number of amides is 4. The number of hydrogen-bond donors (Lipinski definition) is 1. The highest BCUT2D eigenvalue weighted by Gasteiger charge is 2.36. The summed E-state index contributed by atoms with van der Waals surface area (Å²) in [6, 6.07) is 15.1. The topological polar surface area (TPSA) is 75.7 Å². The van der Waals surface area contributed by atoms with Gasteiger partial charge in [0.15, 0.2) is 0 Å². The molecular weight excluding hydrogens is 545 g/mol. The van der Waals surface area contributed by atoms with E-state index in [1.54, 1.807) is 30.3 Å². The van der Waals surface area contributed by atoms with Gasteiger partial charge in [-0.05, 0) is 82.3 Å². The number of benzene rings is 3. The van der Waals surface area contributed by atoms with Crippen LogP contribution in [0.2, 0.25) is 0 Å². The number of carbonyl (C=O) groups is 3. The number of urea groups is 1. The normalized spacial score (nSPS) is 15.1. The molecule has 6 nitrogen and oxygen atoms in total. The lowest BCUT2D eigenvalue weighted by molar-refractivity contribution is -0.122. The van der Waals surface area contributed by atoms with Crippen LogP contribution in [0.15, 0.2) is 72.3 Å². The first-order valence-corrected chi connectivity index (χ1v) is 10.7. The van der Waals surface area contributed by atoms with Crippen LogP contribution in [0.5, 0.6) is 5.75 Å². The van der Waals surface area contributed by atoms with Crippen molar-refractivity contribution in [1.29, 1.82) is 0 Å². The van der Waals surface area contributed by atoms with E-state index in [-0.39, 0.29) is 23.7 Å². The van der Waals surface area contributed by atoms with Crippen molar-refractivity contribution < 1.29 is 27.9 Å². The predicted molar refractivity (Wildman–Crippen MR) is 125 cm³/mol. The Labute approximate surface area is 201 Å². The zero-order valence-electron chi connectivity index (χ0n) is 16.8. The molecule has 0 unspecified atom stereocenters. The van der Waals surface area contributed by atoms with Crippen LogP contribution < -0.4 is 15.0 Å². The van der Waals surface area contributed by atoms with Crippen LogP contribution in [0, 0.1) is 15.2 Å². The zero-order chi connectivity index (χ0) is 23.5. The summed E-state index contributed by atoms with van der Waals surface area (Å²) < 4.78 is 33.3. The van der Waals surface area contributed by atoms with Gasteiger partial charge in [-0.2, -0.15) is 0 Å². The molecule has 1 N–H and O–H groups in total. The molecule has 0 spiro atoms. The largest absolute Gasteiger partial charge is 0.488 e. The third-order valence-electron chi connectivity index (χ3n) is 4.72. The van der Waals surface area contributed by atoms with E-state index >= 15 is 0 Å². The second-order valence-electron chi connectivity index (χ2n) is 7.05. The van der Waals surface area contributed by atoms with E-state index in [0.29, 0.717) is 25.3 Å². The smallest absolute Gasteiger partial charge is 0.335 e. The zero-order valence-corrected chi connectivity index (χ0v) is 19.0. The molecule has 1 fully saturated rings. The first-order chi connectivity index (χ1) is 15.8. The Bertz CT molecular complexity index is 1310. The Morgan fingerprint density at radius 1 is 0.939 bits per heavy atom. The van der Waals surface area contributed by atoms with E-state index in [0.717, 1.165) is 6.07 Å². The van der Waals surface area contributed by atoms with Crippen LogP contribution in [-0.2, 0) is 16.2 Å². The SMILES string of the molecule is O=C1NC(=O)N(c2cccc(F)c2)C(=O)/C1=C/c1ccc(OCc2cccc(F)c2)c(I)c1. The number of nitrogens with one attached hydrogen (secondary N) is 1. The first kappa shape index (κ1) is 22.6. The molecule has 0 saturated carbocycles. The molecule has 33 heavy (non-hydrogen) atoms. The number of hydrogen-bond acceptors (Lipinski definition) is 4. The van der Waals surface area contributed by atoms with Gasteiger partial charge in [0.25, 0.3) is 11.8 Å². The third kappa shape index (κ3) is 5.08. The first-order valence-electron chi connectivity index (χ1n) is 9.65. The molecule has 1 aliphatic rings. The number of halogens is 3. The van der Waals surface area contributed by atoms with Crippen LogP contribution in [0.4, 0.5) is 19.3 Å². The summed E-state index contributed by atoms with van der Waals surface area (Å²) in [5.74, 6) is -2.15. The number of rotatable bonds is 5. The lowest BCUT2D eigenvalue weighted by atomic mass is 10.1. The molecular formula is C24H15F2IN2O4. The second kappa shape index (κ2) is 9.49. The van der Waals surface area contributed by atoms with E-state index in [9.17, 15) is 23.2 Å². The van der Waals surface area contributed by atoms with Crippen molar-refractivity contribution in [3.63, 3.8) is 0 Å². The van der Waals surface area contributed by atoms with E-state index in [4.69, 9.17) is 4.74 Å². The molecule has 4 amide bonds. The van der Waals surface area contributed by atoms with Crippen molar-refractivity contribution in [2.24, 2.45) is 0 Å². The van der Waals surface area contributed by atoms with Gasteiger partial charge in [0.1, 0.15) is 29.6 Å². The lowest BCUT2D eigenvalue weighted by Crippen LogP contribution is -2.54. The van der Waals surface area contributed by atoms with Crippen LogP contribution in [-0.4, -0.2) is 17.8 Å². The highest BCUT2D eigenvalue weighted by atomic mass is 127. The van der Waals surface area contributed by atoms with Gasteiger partial charge < -0.3 is 4.74 Å². The molecule has 3 aromatic rings. The molecule has 0 radical (unpaired) electrons. The molecule has 1 saturated heterocycles. The molecule has 1 heterocycles. The van der Waals surface area contributed by atoms with Crippen molar-refractivity contribution in [3.05, 3.63) is 98.6 Å². The summed E-state index contributed by atoms with van der Waals surface area (Å²) in [5.41, 5.74) is 0.919. The van der Waals surface area contributed by atoms with Gasteiger partial charge in [-0.25, -0.2) is 18.5 Å². The fraction of sp³-hybridized carbons (Fsp3) is 0.0417. The summed E-state index contributed by atoms with van der Waals surface area (Å²) in [6.45, 7) is 0.166. The molecule has 3 aromatic carbocycles. The number of carbonyl (C=O) groups excluding carboxylic acids is 3. The molecule has 4 rings (SSSR count). The summed E-state index contributed by atoms with van der Waals surface area (Å²) in [5, 5.41) is 2.10. The van der Waals surface area contributed by atoms with Crippen LogP contribution in [0.3, 0.4) is 0 Å². The minimum atomic E-state index is -0.955. The number of imide groups is 2. The Kier molecular flexibility index (Phi) is 6.50. The molecule has 1 aliphatic heterocycles. The molecule has 0 atom stereocenters. The maximum Gasteiger partial charge on any atom is 0.335 e. The highest BCUT2D eigenvalue weighted by molar-refractivity contribution is 14.1. The van der Waals surface area contributed by atoms with Crippen molar-refractivity contribution in [2.45, 2.75) is 6.61 Å². The molecule has 0 aromatic heterocycles. The Morgan fingerprint density at radius 3 is 2.36 bits per heavy atom. The fourth-order valence-corrected chi connectivity index (χ4v) is 3.88. The summed E-state index contributed by atoms with van der Waals surface area (Å²) >= 11 is 2.04. The highest BCUT2D eigenvalue weighted by Crippen LogP contribution is 2.26. The van der Waals surface area contributed by atoms with E-state index in [1.807, 2.05) is 22.6 Å². The summed E-state index contributed by atoms with van der Waals surface area (Å²) in [6.07, 6.45) is 1.34. The summed E-state index contributed by atoms with van der Waals surface area (Å²) in [7, 11) is 0. The van der Waals surface area contributed by atoms with Gasteiger partial charge in [0.2, 0.25) is 0 Å². The summed E-state index contributed by atoms with van der Waals surface area (Å²) in [4.78, 5) is 38.1. The Balaban J connectivity index is 1.57. The Hall–Kier alpha value is -3.60. The predicted octanol–water partition coefficient (Wildman–Crippen LogP) is 4.81. The monoisotopic (exact) mass is 560 g/mol. The van der Waals surface area contributed by atoms with Gasteiger partial charge in [-0.15, -0.1) is 0 Å². The second-order valence-corrected chi connectivity index (χ2v) is 8.21. The van der Waals surface area contributed by atoms with E-state index < -0.39 is 23.7 Å². The number of nitrogens with zero attached hydrogens (tertiary/aromatic N) is 1. The van der Waals surface area contributed by atoms with Gasteiger partial charge in [0.05, 0.1) is 9.26 Å². The lowest BCUT2D eigenvalue weighted by Gasteiger charge is -2.26. The van der Waals surface area contributed by atoms with Crippen LogP contribution >= 0.6 is 22.6 Å². The van der Waals surface area contributed by atoms with Crippen molar-refractivity contribution in [1.82, 2.24) is 5.32 Å². The van der Waals surface area contributed by atoms with E-state index in [2.05, 4.69) is 5.32 Å². The van der Waals surface area contributed by atoms with E-state index in [1.165, 1.54) is 36.4 Å².